The van der Waals surface area contributed by atoms with Crippen molar-refractivity contribution >= 4 is 17.3 Å². The molecule has 0 aromatic heterocycles. The van der Waals surface area contributed by atoms with Gasteiger partial charge in [0.05, 0.1) is 17.0 Å². The van der Waals surface area contributed by atoms with E-state index in [1.54, 1.807) is 4.90 Å². The van der Waals surface area contributed by atoms with Crippen molar-refractivity contribution in [3.8, 4) is 0 Å². The van der Waals surface area contributed by atoms with Crippen LogP contribution in [-0.2, 0) is 11.0 Å². The van der Waals surface area contributed by atoms with E-state index < -0.39 is 22.4 Å². The summed E-state index contributed by atoms with van der Waals surface area (Å²) in [6.45, 7) is 2.10. The van der Waals surface area contributed by atoms with E-state index in [9.17, 15) is 28.1 Å². The fourth-order valence-corrected chi connectivity index (χ4v) is 2.96. The van der Waals surface area contributed by atoms with E-state index in [0.29, 0.717) is 38.3 Å². The molecule has 1 heterocycles. The average molecular weight is 372 g/mol. The molecule has 0 spiro atoms. The summed E-state index contributed by atoms with van der Waals surface area (Å²) in [5, 5.41) is 14.1. The Morgan fingerprint density at radius 3 is 2.42 bits per heavy atom. The van der Waals surface area contributed by atoms with Crippen LogP contribution in [0.1, 0.15) is 18.4 Å². The van der Waals surface area contributed by atoms with Crippen LogP contribution in [0.2, 0.25) is 0 Å². The number of nitro groups is 1. The van der Waals surface area contributed by atoms with E-state index in [2.05, 4.69) is 5.32 Å². The van der Waals surface area contributed by atoms with E-state index in [4.69, 9.17) is 0 Å². The molecule has 0 bridgehead atoms. The molecule has 1 aliphatic carbocycles. The largest absolute Gasteiger partial charge is 0.416 e. The lowest BCUT2D eigenvalue weighted by Crippen LogP contribution is -2.49. The molecule has 0 radical (unpaired) electrons. The van der Waals surface area contributed by atoms with Crippen LogP contribution in [0, 0.1) is 10.1 Å². The number of nitrogens with zero attached hydrogens (tertiary/aromatic N) is 3. The molecule has 1 N–H and O–H groups in total. The number of nitrogens with one attached hydrogen (secondary N) is 1. The minimum absolute atomic E-state index is 0.0403. The number of amides is 1. The number of alkyl halides is 3. The highest BCUT2D eigenvalue weighted by Crippen LogP contribution is 2.36. The number of carbonyl (C=O) groups is 1. The molecule has 1 aromatic carbocycles. The van der Waals surface area contributed by atoms with Gasteiger partial charge in [-0.25, -0.2) is 0 Å². The molecule has 142 valence electrons. The van der Waals surface area contributed by atoms with Crippen LogP contribution in [0.5, 0.6) is 0 Å². The summed E-state index contributed by atoms with van der Waals surface area (Å²) in [5.41, 5.74) is -1.42. The molecule has 2 aliphatic rings. The van der Waals surface area contributed by atoms with Crippen LogP contribution in [0.25, 0.3) is 0 Å². The fraction of sp³-hybridized carbons (Fsp3) is 0.562. The zero-order valence-corrected chi connectivity index (χ0v) is 14.0. The van der Waals surface area contributed by atoms with E-state index in [0.717, 1.165) is 25.0 Å². The molecular formula is C16H19F3N4O3. The van der Waals surface area contributed by atoms with E-state index >= 15 is 0 Å². The highest BCUT2D eigenvalue weighted by Gasteiger charge is 2.34. The van der Waals surface area contributed by atoms with Crippen molar-refractivity contribution in [3.63, 3.8) is 0 Å². The Labute approximate surface area is 147 Å². The maximum absolute atomic E-state index is 12.8. The topological polar surface area (TPSA) is 78.7 Å². The van der Waals surface area contributed by atoms with Gasteiger partial charge in [-0.1, -0.05) is 0 Å². The Hall–Kier alpha value is -2.36. The number of piperazine rings is 1. The molecule has 0 unspecified atom stereocenters. The fourth-order valence-electron chi connectivity index (χ4n) is 2.96. The van der Waals surface area contributed by atoms with Crippen LogP contribution >= 0.6 is 0 Å². The third-order valence-corrected chi connectivity index (χ3v) is 4.52. The molecule has 1 aliphatic heterocycles. The first-order valence-electron chi connectivity index (χ1n) is 8.36. The minimum atomic E-state index is -4.63. The third kappa shape index (κ3) is 4.43. The molecule has 3 rings (SSSR count). The molecule has 1 saturated heterocycles. The summed E-state index contributed by atoms with van der Waals surface area (Å²) in [7, 11) is 0. The molecule has 1 aromatic rings. The second kappa shape index (κ2) is 7.10. The summed E-state index contributed by atoms with van der Waals surface area (Å²) < 4.78 is 38.4. The van der Waals surface area contributed by atoms with Gasteiger partial charge in [0, 0.05) is 38.3 Å². The van der Waals surface area contributed by atoms with Gasteiger partial charge in [-0.15, -0.1) is 0 Å². The standard InChI is InChI=1S/C16H19F3N4O3/c17-16(18,19)11-1-4-13(14(9-11)23(25)26)22-7-5-21(6-8-22)10-15(24)20-12-2-3-12/h1,4,9,12H,2-3,5-8,10H2,(H,20,24). The van der Waals surface area contributed by atoms with Crippen LogP contribution in [0.15, 0.2) is 18.2 Å². The second-order valence-electron chi connectivity index (χ2n) is 6.56. The van der Waals surface area contributed by atoms with Crippen LogP contribution in [0.4, 0.5) is 24.5 Å². The number of benzene rings is 1. The van der Waals surface area contributed by atoms with Crippen LogP contribution < -0.4 is 10.2 Å². The molecule has 7 nitrogen and oxygen atoms in total. The SMILES string of the molecule is O=C(CN1CCN(c2ccc(C(F)(F)F)cc2[N+](=O)[O-])CC1)NC1CC1. The van der Waals surface area contributed by atoms with Crippen molar-refractivity contribution in [1.29, 1.82) is 0 Å². The van der Waals surface area contributed by atoms with Gasteiger partial charge in [-0.3, -0.25) is 19.8 Å². The molecule has 1 amide bonds. The number of carbonyl (C=O) groups excluding carboxylic acids is 1. The molecule has 26 heavy (non-hydrogen) atoms. The van der Waals surface area contributed by atoms with Crippen molar-refractivity contribution in [2.45, 2.75) is 25.1 Å². The van der Waals surface area contributed by atoms with Gasteiger partial charge in [0.1, 0.15) is 5.69 Å². The van der Waals surface area contributed by atoms with Crippen molar-refractivity contribution in [3.05, 3.63) is 33.9 Å². The molecule has 10 heteroatoms. The maximum atomic E-state index is 12.8. The van der Waals surface area contributed by atoms with Crippen molar-refractivity contribution in [1.82, 2.24) is 10.2 Å². The van der Waals surface area contributed by atoms with Gasteiger partial charge in [-0.05, 0) is 25.0 Å². The first-order chi connectivity index (χ1) is 12.2. The summed E-state index contributed by atoms with van der Waals surface area (Å²) in [6, 6.07) is 2.87. The van der Waals surface area contributed by atoms with E-state index in [-0.39, 0.29) is 18.1 Å². The molecule has 2 fully saturated rings. The van der Waals surface area contributed by atoms with Crippen LogP contribution in [0.3, 0.4) is 0 Å². The van der Waals surface area contributed by atoms with Crippen molar-refractivity contribution in [2.24, 2.45) is 0 Å². The summed E-state index contributed by atoms with van der Waals surface area (Å²) in [6.07, 6.45) is -2.61. The first-order valence-corrected chi connectivity index (χ1v) is 8.36. The lowest BCUT2D eigenvalue weighted by molar-refractivity contribution is -0.384. The van der Waals surface area contributed by atoms with Gasteiger partial charge in [0.2, 0.25) is 5.91 Å². The minimum Gasteiger partial charge on any atom is -0.363 e. The number of hydrogen-bond acceptors (Lipinski definition) is 5. The normalized spacial score (nSPS) is 18.7. The Bertz CT molecular complexity index is 698. The summed E-state index contributed by atoms with van der Waals surface area (Å²) in [5.74, 6) is -0.0403. The van der Waals surface area contributed by atoms with Crippen molar-refractivity contribution in [2.75, 3.05) is 37.6 Å². The van der Waals surface area contributed by atoms with Gasteiger partial charge >= 0.3 is 6.18 Å². The Kier molecular flexibility index (Phi) is 5.03. The lowest BCUT2D eigenvalue weighted by Gasteiger charge is -2.35. The zero-order valence-electron chi connectivity index (χ0n) is 14.0. The smallest absolute Gasteiger partial charge is 0.363 e. The second-order valence-corrected chi connectivity index (χ2v) is 6.56. The van der Waals surface area contributed by atoms with Crippen molar-refractivity contribution < 1.29 is 22.9 Å². The number of halogens is 3. The number of rotatable bonds is 5. The van der Waals surface area contributed by atoms with Gasteiger partial charge < -0.3 is 10.2 Å². The van der Waals surface area contributed by atoms with Gasteiger partial charge in [0.15, 0.2) is 0 Å². The summed E-state index contributed by atoms with van der Waals surface area (Å²) >= 11 is 0. The Balaban J connectivity index is 1.64. The van der Waals surface area contributed by atoms with Gasteiger partial charge in [0.25, 0.3) is 5.69 Å². The molecule has 1 saturated carbocycles. The zero-order chi connectivity index (χ0) is 18.9. The monoisotopic (exact) mass is 372 g/mol. The average Bonchev–Trinajstić information content (AvgIpc) is 3.38. The predicted molar refractivity (Wildman–Crippen MR) is 87.9 cm³/mol. The third-order valence-electron chi connectivity index (χ3n) is 4.52. The quantitative estimate of drug-likeness (QED) is 0.632. The first kappa shape index (κ1) is 18.4. The lowest BCUT2D eigenvalue weighted by atomic mass is 10.1. The Morgan fingerprint density at radius 2 is 1.88 bits per heavy atom. The molecule has 0 atom stereocenters. The van der Waals surface area contributed by atoms with E-state index in [1.807, 2.05) is 4.90 Å². The maximum Gasteiger partial charge on any atom is 0.416 e. The van der Waals surface area contributed by atoms with Crippen LogP contribution in [-0.4, -0.2) is 54.5 Å². The number of anilines is 1. The number of nitro benzene ring substituents is 1. The number of hydrogen-bond donors (Lipinski definition) is 1. The highest BCUT2D eigenvalue weighted by molar-refractivity contribution is 5.78. The summed E-state index contributed by atoms with van der Waals surface area (Å²) in [4.78, 5) is 25.9. The predicted octanol–water partition coefficient (Wildman–Crippen LogP) is 2.01. The van der Waals surface area contributed by atoms with Gasteiger partial charge in [-0.2, -0.15) is 13.2 Å². The Morgan fingerprint density at radius 1 is 1.23 bits per heavy atom. The molecular weight excluding hydrogens is 353 g/mol. The highest BCUT2D eigenvalue weighted by atomic mass is 19.4. The van der Waals surface area contributed by atoms with E-state index in [1.165, 1.54) is 0 Å².